The van der Waals surface area contributed by atoms with E-state index in [1.165, 1.54) is 5.56 Å². The van der Waals surface area contributed by atoms with Crippen LogP contribution >= 0.6 is 0 Å². The van der Waals surface area contributed by atoms with E-state index in [0.29, 0.717) is 12.1 Å². The predicted molar refractivity (Wildman–Crippen MR) is 86.4 cm³/mol. The molecule has 22 heavy (non-hydrogen) atoms. The molecule has 0 aliphatic heterocycles. The molecule has 1 atom stereocenters. The van der Waals surface area contributed by atoms with E-state index in [-0.39, 0.29) is 6.04 Å². The van der Waals surface area contributed by atoms with Crippen molar-refractivity contribution in [2.45, 2.75) is 26.4 Å². The quantitative estimate of drug-likeness (QED) is 0.856. The zero-order valence-electron chi connectivity index (χ0n) is 13.1. The van der Waals surface area contributed by atoms with Crippen molar-refractivity contribution < 1.29 is 14.6 Å². The van der Waals surface area contributed by atoms with Gasteiger partial charge >= 0.3 is 5.97 Å². The largest absolute Gasteiger partial charge is 0.496 e. The first-order valence-corrected chi connectivity index (χ1v) is 7.21. The normalized spacial score (nSPS) is 12.0. The third-order valence-electron chi connectivity index (χ3n) is 3.66. The number of nitrogens with one attached hydrogen (secondary N) is 1. The lowest BCUT2D eigenvalue weighted by Crippen LogP contribution is -2.19. The Bertz CT molecular complexity index is 650. The monoisotopic (exact) mass is 299 g/mol. The molecule has 0 aliphatic carbocycles. The van der Waals surface area contributed by atoms with Crippen LogP contribution in [-0.4, -0.2) is 18.2 Å². The van der Waals surface area contributed by atoms with Crippen molar-refractivity contribution in [2.75, 3.05) is 7.11 Å². The predicted octanol–water partition coefficient (Wildman–Crippen LogP) is 3.55. The van der Waals surface area contributed by atoms with Crippen molar-refractivity contribution in [3.05, 3.63) is 64.7 Å². The van der Waals surface area contributed by atoms with Crippen LogP contribution in [0.5, 0.6) is 5.75 Å². The van der Waals surface area contributed by atoms with Crippen molar-refractivity contribution in [3.8, 4) is 5.75 Å². The van der Waals surface area contributed by atoms with Crippen molar-refractivity contribution in [2.24, 2.45) is 0 Å². The van der Waals surface area contributed by atoms with Crippen molar-refractivity contribution in [1.29, 1.82) is 0 Å². The number of aryl methyl sites for hydroxylation is 1. The lowest BCUT2D eigenvalue weighted by molar-refractivity contribution is 0.0697. The molecule has 0 saturated carbocycles. The zero-order chi connectivity index (χ0) is 16.1. The van der Waals surface area contributed by atoms with E-state index in [0.717, 1.165) is 16.9 Å². The highest BCUT2D eigenvalue weighted by Crippen LogP contribution is 2.26. The summed E-state index contributed by atoms with van der Waals surface area (Å²) in [6.45, 7) is 4.81. The molecule has 2 rings (SSSR count). The molecule has 0 radical (unpaired) electrons. The summed E-state index contributed by atoms with van der Waals surface area (Å²) in [5.41, 5.74) is 3.65. The van der Waals surface area contributed by atoms with E-state index in [4.69, 9.17) is 9.84 Å². The molecular weight excluding hydrogens is 278 g/mol. The number of methoxy groups -OCH3 is 1. The SMILES string of the molecule is COc1ccc(C)cc1[C@H](C)NCc1ccc(C(=O)O)cc1. The van der Waals surface area contributed by atoms with Crippen molar-refractivity contribution >= 4 is 5.97 Å². The molecule has 2 N–H and O–H groups in total. The first-order chi connectivity index (χ1) is 10.5. The molecule has 0 spiro atoms. The average molecular weight is 299 g/mol. The maximum absolute atomic E-state index is 10.8. The molecule has 0 unspecified atom stereocenters. The van der Waals surface area contributed by atoms with Crippen LogP contribution in [0.1, 0.15) is 40.0 Å². The fourth-order valence-electron chi connectivity index (χ4n) is 2.34. The summed E-state index contributed by atoms with van der Waals surface area (Å²) >= 11 is 0. The van der Waals surface area contributed by atoms with Crippen LogP contribution in [0.3, 0.4) is 0 Å². The van der Waals surface area contributed by atoms with E-state index in [2.05, 4.69) is 25.2 Å². The number of rotatable bonds is 6. The van der Waals surface area contributed by atoms with Crippen LogP contribution in [0.4, 0.5) is 0 Å². The molecule has 0 aliphatic rings. The Kier molecular flexibility index (Phi) is 5.17. The minimum atomic E-state index is -0.905. The van der Waals surface area contributed by atoms with Gasteiger partial charge in [0, 0.05) is 18.2 Å². The van der Waals surface area contributed by atoms with E-state index in [1.54, 1.807) is 19.2 Å². The van der Waals surface area contributed by atoms with Gasteiger partial charge in [-0.05, 0) is 37.6 Å². The number of ether oxygens (including phenoxy) is 1. The molecule has 2 aromatic rings. The van der Waals surface area contributed by atoms with Crippen LogP contribution in [-0.2, 0) is 6.54 Å². The van der Waals surface area contributed by atoms with Crippen LogP contribution in [0, 0.1) is 6.92 Å². The standard InChI is InChI=1S/C18H21NO3/c1-12-4-9-17(22-3)16(10-12)13(2)19-11-14-5-7-15(8-6-14)18(20)21/h4-10,13,19H,11H2,1-3H3,(H,20,21)/t13-/m0/s1. The Morgan fingerprint density at radius 2 is 1.91 bits per heavy atom. The van der Waals surface area contributed by atoms with Gasteiger partial charge < -0.3 is 15.2 Å². The summed E-state index contributed by atoms with van der Waals surface area (Å²) in [7, 11) is 1.67. The van der Waals surface area contributed by atoms with Gasteiger partial charge in [-0.2, -0.15) is 0 Å². The topological polar surface area (TPSA) is 58.6 Å². The molecule has 0 bridgehead atoms. The highest BCUT2D eigenvalue weighted by atomic mass is 16.5. The van der Waals surface area contributed by atoms with Crippen molar-refractivity contribution in [3.63, 3.8) is 0 Å². The number of carbonyl (C=O) groups is 1. The highest BCUT2D eigenvalue weighted by Gasteiger charge is 2.11. The maximum Gasteiger partial charge on any atom is 0.335 e. The molecule has 2 aromatic carbocycles. The Morgan fingerprint density at radius 3 is 2.50 bits per heavy atom. The maximum atomic E-state index is 10.8. The van der Waals surface area contributed by atoms with Crippen LogP contribution < -0.4 is 10.1 Å². The molecule has 0 saturated heterocycles. The van der Waals surface area contributed by atoms with Crippen molar-refractivity contribution in [1.82, 2.24) is 5.32 Å². The van der Waals surface area contributed by atoms with Gasteiger partial charge in [0.15, 0.2) is 0 Å². The third-order valence-corrected chi connectivity index (χ3v) is 3.66. The van der Waals surface area contributed by atoms with E-state index in [1.807, 2.05) is 24.3 Å². The molecule has 0 heterocycles. The molecular formula is C18H21NO3. The minimum Gasteiger partial charge on any atom is -0.496 e. The summed E-state index contributed by atoms with van der Waals surface area (Å²) in [4.78, 5) is 10.8. The smallest absolute Gasteiger partial charge is 0.335 e. The second-order valence-corrected chi connectivity index (χ2v) is 5.35. The number of aromatic carboxylic acids is 1. The number of carboxylic acid groups (broad SMARTS) is 1. The zero-order valence-corrected chi connectivity index (χ0v) is 13.1. The van der Waals surface area contributed by atoms with Gasteiger partial charge in [0.05, 0.1) is 12.7 Å². The summed E-state index contributed by atoms with van der Waals surface area (Å²) < 4.78 is 5.41. The Morgan fingerprint density at radius 1 is 1.23 bits per heavy atom. The van der Waals surface area contributed by atoms with Crippen LogP contribution in [0.15, 0.2) is 42.5 Å². The first kappa shape index (κ1) is 16.0. The van der Waals surface area contributed by atoms with Gasteiger partial charge in [0.25, 0.3) is 0 Å². The molecule has 0 aromatic heterocycles. The summed E-state index contributed by atoms with van der Waals surface area (Å²) in [6, 6.07) is 13.2. The lowest BCUT2D eigenvalue weighted by Gasteiger charge is -2.18. The first-order valence-electron chi connectivity index (χ1n) is 7.21. The lowest BCUT2D eigenvalue weighted by atomic mass is 10.0. The molecule has 0 fully saturated rings. The molecule has 0 amide bonds. The Hall–Kier alpha value is -2.33. The average Bonchev–Trinajstić information content (AvgIpc) is 2.53. The number of hydrogen-bond donors (Lipinski definition) is 2. The molecule has 4 heteroatoms. The molecule has 4 nitrogen and oxygen atoms in total. The number of carboxylic acids is 1. The Balaban J connectivity index is 2.05. The third kappa shape index (κ3) is 3.86. The van der Waals surface area contributed by atoms with Gasteiger partial charge in [-0.3, -0.25) is 0 Å². The van der Waals surface area contributed by atoms with Gasteiger partial charge in [-0.15, -0.1) is 0 Å². The van der Waals surface area contributed by atoms with E-state index < -0.39 is 5.97 Å². The summed E-state index contributed by atoms with van der Waals surface area (Å²) in [6.07, 6.45) is 0. The second kappa shape index (κ2) is 7.09. The summed E-state index contributed by atoms with van der Waals surface area (Å²) in [5, 5.41) is 12.3. The van der Waals surface area contributed by atoms with E-state index in [9.17, 15) is 4.79 Å². The summed E-state index contributed by atoms with van der Waals surface area (Å²) in [5.74, 6) is -0.0378. The molecule has 116 valence electrons. The van der Waals surface area contributed by atoms with E-state index >= 15 is 0 Å². The fraction of sp³-hybridized carbons (Fsp3) is 0.278. The van der Waals surface area contributed by atoms with Gasteiger partial charge in [-0.25, -0.2) is 4.79 Å². The Labute approximate surface area is 130 Å². The van der Waals surface area contributed by atoms with Crippen LogP contribution in [0.2, 0.25) is 0 Å². The minimum absolute atomic E-state index is 0.133. The fourth-order valence-corrected chi connectivity index (χ4v) is 2.34. The number of hydrogen-bond acceptors (Lipinski definition) is 3. The van der Waals surface area contributed by atoms with Gasteiger partial charge in [0.2, 0.25) is 0 Å². The number of benzene rings is 2. The second-order valence-electron chi connectivity index (χ2n) is 5.35. The van der Waals surface area contributed by atoms with Crippen LogP contribution in [0.25, 0.3) is 0 Å². The highest BCUT2D eigenvalue weighted by molar-refractivity contribution is 5.87. The van der Waals surface area contributed by atoms with Gasteiger partial charge in [-0.1, -0.05) is 29.8 Å². The van der Waals surface area contributed by atoms with Gasteiger partial charge in [0.1, 0.15) is 5.75 Å².